The van der Waals surface area contributed by atoms with Crippen LogP contribution >= 0.6 is 19.6 Å². The van der Waals surface area contributed by atoms with Gasteiger partial charge in [-0.2, -0.15) is 0 Å². The van der Waals surface area contributed by atoms with Gasteiger partial charge in [0.1, 0.15) is 0 Å². The van der Waals surface area contributed by atoms with Gasteiger partial charge >= 0.3 is 7.95 Å². The molecule has 0 spiro atoms. The number of hydrogen-bond acceptors (Lipinski definition) is 1. The third-order valence-corrected chi connectivity index (χ3v) is 0.948. The van der Waals surface area contributed by atoms with Crippen LogP contribution in [-0.2, 0) is 4.57 Å². The number of hydrogen-bond donors (Lipinski definition) is 1. The highest BCUT2D eigenvalue weighted by Crippen LogP contribution is 2.08. The Morgan fingerprint density at radius 2 is 2.33 bits per heavy atom. The molecule has 0 bridgehead atoms. The predicted molar refractivity (Wildman–Crippen MR) is 26.8 cm³/mol. The zero-order chi connectivity index (χ0) is 4.99. The summed E-state index contributed by atoms with van der Waals surface area (Å²) in [4.78, 5) is 0. The molecule has 0 saturated heterocycles. The van der Waals surface area contributed by atoms with Crippen molar-refractivity contribution < 1.29 is 4.57 Å². The van der Waals surface area contributed by atoms with Crippen LogP contribution in [0.1, 0.15) is 0 Å². The van der Waals surface area contributed by atoms with E-state index in [1.807, 2.05) is 0 Å². The van der Waals surface area contributed by atoms with Crippen LogP contribution in [0.25, 0.3) is 0 Å². The highest BCUT2D eigenvalue weighted by atomic mass is 35.5. The van der Waals surface area contributed by atoms with E-state index >= 15 is 0 Å². The first kappa shape index (κ1) is 6.09. The van der Waals surface area contributed by atoms with E-state index in [9.17, 15) is 4.57 Å². The van der Waals surface area contributed by atoms with Crippen molar-refractivity contribution in [1.29, 1.82) is 0 Å². The molecule has 0 aliphatic rings. The van der Waals surface area contributed by atoms with Crippen LogP contribution in [0.5, 0.6) is 0 Å². The zero-order valence-electron chi connectivity index (χ0n) is 2.97. The second kappa shape index (κ2) is 3.29. The summed E-state index contributed by atoms with van der Waals surface area (Å²) in [5, 5.41) is 0. The van der Waals surface area contributed by atoms with Gasteiger partial charge in [-0.1, -0.05) is 11.6 Å². The van der Waals surface area contributed by atoms with Crippen molar-refractivity contribution in [2.75, 3.05) is 0 Å². The predicted octanol–water partition coefficient (Wildman–Crippen LogP) is 1.40. The third-order valence-electron chi connectivity index (χ3n) is 0.203. The normalized spacial score (nSPS) is 12.7. The maximum absolute atomic E-state index is 9.80. The molecule has 1 atom stereocenters. The van der Waals surface area contributed by atoms with Crippen molar-refractivity contribution in [2.45, 2.75) is 0 Å². The molecule has 0 amide bonds. The first-order valence-corrected chi connectivity index (χ1v) is 3.08. The van der Waals surface area contributed by atoms with Gasteiger partial charge in [-0.3, -0.25) is 0 Å². The smallest absolute Gasteiger partial charge is 0.117 e. The van der Waals surface area contributed by atoms with E-state index < -0.39 is 7.95 Å². The minimum absolute atomic E-state index is 1.14. The molecule has 0 radical (unpaired) electrons. The topological polar surface area (TPSA) is 43.1 Å². The average molecular weight is 124 g/mol. The van der Waals surface area contributed by atoms with E-state index in [1.165, 1.54) is 5.82 Å². The van der Waals surface area contributed by atoms with Crippen LogP contribution in [-0.4, -0.2) is 0 Å². The fourth-order valence-corrected chi connectivity index (χ4v) is 0.500. The standard InChI is InChI=1S/C2H4ClNOP/c3-1-2-6(4)5/h1-2H,(H2,4,5)/q+1. The minimum Gasteiger partial charge on any atom is -0.117 e. The maximum Gasteiger partial charge on any atom is 0.462 e. The van der Waals surface area contributed by atoms with Crippen molar-refractivity contribution in [3.05, 3.63) is 11.4 Å². The summed E-state index contributed by atoms with van der Waals surface area (Å²) in [5.41, 5.74) is 5.88. The Morgan fingerprint density at radius 1 is 1.83 bits per heavy atom. The number of rotatable bonds is 1. The summed E-state index contributed by atoms with van der Waals surface area (Å²) in [6.07, 6.45) is 0. The van der Waals surface area contributed by atoms with E-state index in [-0.39, 0.29) is 0 Å². The summed E-state index contributed by atoms with van der Waals surface area (Å²) < 4.78 is 9.80. The molecule has 0 aliphatic carbocycles. The molecule has 0 heterocycles. The lowest BCUT2D eigenvalue weighted by molar-refractivity contribution is 0.593. The Labute approximate surface area is 41.8 Å². The summed E-state index contributed by atoms with van der Waals surface area (Å²) in [6.45, 7) is 0. The molecule has 0 aromatic carbocycles. The molecule has 34 valence electrons. The second-order valence-corrected chi connectivity index (χ2v) is 1.90. The average Bonchev–Trinajstić information content (AvgIpc) is 1.35. The number of nitrogens with two attached hydrogens (primary N) is 1. The third kappa shape index (κ3) is 4.09. The minimum atomic E-state index is -1.66. The van der Waals surface area contributed by atoms with Crippen molar-refractivity contribution in [2.24, 2.45) is 5.50 Å². The van der Waals surface area contributed by atoms with Crippen LogP contribution < -0.4 is 5.50 Å². The molecule has 0 saturated carbocycles. The molecule has 0 rings (SSSR count). The van der Waals surface area contributed by atoms with Gasteiger partial charge in [-0.25, -0.2) is 0 Å². The van der Waals surface area contributed by atoms with Gasteiger partial charge in [0.2, 0.25) is 0 Å². The summed E-state index contributed by atoms with van der Waals surface area (Å²) in [7, 11) is -1.66. The molecule has 0 aromatic heterocycles. The van der Waals surface area contributed by atoms with Crippen molar-refractivity contribution in [3.63, 3.8) is 0 Å². The van der Waals surface area contributed by atoms with E-state index in [0.29, 0.717) is 0 Å². The lowest BCUT2D eigenvalue weighted by Gasteiger charge is -1.50. The van der Waals surface area contributed by atoms with Gasteiger partial charge in [0.25, 0.3) is 0 Å². The molecule has 4 heteroatoms. The van der Waals surface area contributed by atoms with Crippen molar-refractivity contribution in [1.82, 2.24) is 0 Å². The van der Waals surface area contributed by atoms with Crippen LogP contribution in [0.15, 0.2) is 11.4 Å². The van der Waals surface area contributed by atoms with Gasteiger partial charge < -0.3 is 0 Å². The van der Waals surface area contributed by atoms with Gasteiger partial charge in [0, 0.05) is 0 Å². The zero-order valence-corrected chi connectivity index (χ0v) is 4.62. The molecular weight excluding hydrogens is 120 g/mol. The van der Waals surface area contributed by atoms with E-state index in [1.54, 1.807) is 0 Å². The Balaban J connectivity index is 3.30. The van der Waals surface area contributed by atoms with Crippen LogP contribution in [0.2, 0.25) is 0 Å². The summed E-state index contributed by atoms with van der Waals surface area (Å²) >= 11 is 4.95. The molecule has 0 aliphatic heterocycles. The van der Waals surface area contributed by atoms with Gasteiger partial charge in [-0.05, 0) is 4.57 Å². The fourth-order valence-electron chi connectivity index (χ4n) is 0.0555. The Hall–Kier alpha value is 0.0900. The Kier molecular flexibility index (Phi) is 3.34. The SMILES string of the molecule is N[P+](=O)C=CCl. The highest BCUT2D eigenvalue weighted by Gasteiger charge is 1.93. The van der Waals surface area contributed by atoms with Crippen LogP contribution in [0.3, 0.4) is 0 Å². The lowest BCUT2D eigenvalue weighted by Crippen LogP contribution is -1.67. The van der Waals surface area contributed by atoms with Gasteiger partial charge in [-0.15, -0.1) is 5.50 Å². The first-order valence-electron chi connectivity index (χ1n) is 1.25. The quantitative estimate of drug-likeness (QED) is 0.537. The maximum atomic E-state index is 9.80. The lowest BCUT2D eigenvalue weighted by atomic mass is 11.3. The molecule has 0 fully saturated rings. The van der Waals surface area contributed by atoms with Crippen molar-refractivity contribution in [3.8, 4) is 0 Å². The second-order valence-electron chi connectivity index (χ2n) is 0.635. The summed E-state index contributed by atoms with van der Waals surface area (Å²) in [6, 6.07) is 0. The fraction of sp³-hybridized carbons (Fsp3) is 0. The van der Waals surface area contributed by atoms with E-state index in [2.05, 4.69) is 0 Å². The Morgan fingerprint density at radius 3 is 2.33 bits per heavy atom. The van der Waals surface area contributed by atoms with Crippen LogP contribution in [0, 0.1) is 0 Å². The molecule has 0 aromatic rings. The highest BCUT2D eigenvalue weighted by molar-refractivity contribution is 7.45. The van der Waals surface area contributed by atoms with Gasteiger partial charge in [0.05, 0.1) is 5.54 Å². The Bertz CT molecular complexity index is 81.6. The van der Waals surface area contributed by atoms with E-state index in [4.69, 9.17) is 17.1 Å². The summed E-state index contributed by atoms with van der Waals surface area (Å²) in [5.74, 6) is 1.22. The molecular formula is C2H4ClNOP+. The van der Waals surface area contributed by atoms with E-state index in [0.717, 1.165) is 5.54 Å². The monoisotopic (exact) mass is 124 g/mol. The molecule has 2 N–H and O–H groups in total. The number of halogens is 1. The molecule has 6 heavy (non-hydrogen) atoms. The van der Waals surface area contributed by atoms with Gasteiger partial charge in [0.15, 0.2) is 5.82 Å². The van der Waals surface area contributed by atoms with Crippen molar-refractivity contribution >= 4 is 19.6 Å². The molecule has 1 unspecified atom stereocenters. The molecule has 2 nitrogen and oxygen atoms in total. The first-order chi connectivity index (χ1) is 2.77. The van der Waals surface area contributed by atoms with Crippen LogP contribution in [0.4, 0.5) is 0 Å². The largest absolute Gasteiger partial charge is 0.462 e.